The van der Waals surface area contributed by atoms with Gasteiger partial charge in [0.15, 0.2) is 11.5 Å². The molecule has 1 aliphatic heterocycles. The second-order valence-corrected chi connectivity index (χ2v) is 8.00. The zero-order chi connectivity index (χ0) is 22.5. The molecule has 0 saturated carbocycles. The molecule has 0 radical (unpaired) electrons. The van der Waals surface area contributed by atoms with Crippen molar-refractivity contribution in [2.75, 3.05) is 32.9 Å². The number of benzene rings is 2. The molecular formula is C21H22Cl3N3O4. The van der Waals surface area contributed by atoms with Crippen LogP contribution in [0.2, 0.25) is 15.1 Å². The SMILES string of the molecule is CCC(=O)N(C)CCc1cc2c(c(OC)c1/C=N/Nc1c(Cl)cc(Cl)cc1Cl)OCO2. The summed E-state index contributed by atoms with van der Waals surface area (Å²) in [6.45, 7) is 2.46. The zero-order valence-corrected chi connectivity index (χ0v) is 19.6. The number of fused-ring (bicyclic) bond motifs is 1. The maximum absolute atomic E-state index is 11.9. The van der Waals surface area contributed by atoms with Crippen LogP contribution in [0, 0.1) is 0 Å². The number of amides is 1. The number of hydrazone groups is 1. The van der Waals surface area contributed by atoms with E-state index in [1.54, 1.807) is 37.4 Å². The molecule has 0 fully saturated rings. The van der Waals surface area contributed by atoms with Crippen molar-refractivity contribution >= 4 is 52.6 Å². The molecular weight excluding hydrogens is 465 g/mol. The third-order valence-corrected chi connectivity index (χ3v) is 5.58. The van der Waals surface area contributed by atoms with E-state index in [1.165, 1.54) is 0 Å². The Morgan fingerprint density at radius 2 is 1.97 bits per heavy atom. The van der Waals surface area contributed by atoms with Crippen molar-refractivity contribution in [1.29, 1.82) is 0 Å². The molecule has 1 heterocycles. The highest BCUT2D eigenvalue weighted by Crippen LogP contribution is 2.44. The highest BCUT2D eigenvalue weighted by atomic mass is 35.5. The van der Waals surface area contributed by atoms with Gasteiger partial charge in [0.25, 0.3) is 0 Å². The maximum atomic E-state index is 11.9. The first kappa shape index (κ1) is 23.3. The first-order chi connectivity index (χ1) is 14.8. The fourth-order valence-corrected chi connectivity index (χ4v) is 4.02. The molecule has 0 aliphatic carbocycles. The van der Waals surface area contributed by atoms with Crippen LogP contribution in [0.15, 0.2) is 23.3 Å². The number of ether oxygens (including phenoxy) is 3. The smallest absolute Gasteiger partial charge is 0.231 e. The van der Waals surface area contributed by atoms with Gasteiger partial charge in [-0.25, -0.2) is 0 Å². The van der Waals surface area contributed by atoms with Gasteiger partial charge in [0, 0.05) is 30.6 Å². The standard InChI is InChI=1S/C21H22Cl3N3O4/c1-4-18(28)27(2)6-5-12-7-17-21(31-11-30-17)20(29-3)14(12)10-25-26-19-15(23)8-13(22)9-16(19)24/h7-10,26H,4-6,11H2,1-3H3/b25-10+. The van der Waals surface area contributed by atoms with Crippen molar-refractivity contribution in [3.63, 3.8) is 0 Å². The molecule has 10 heteroatoms. The average Bonchev–Trinajstić information content (AvgIpc) is 3.20. The summed E-state index contributed by atoms with van der Waals surface area (Å²) in [6.07, 6.45) is 2.61. The van der Waals surface area contributed by atoms with Crippen LogP contribution in [-0.4, -0.2) is 44.5 Å². The molecule has 1 aliphatic rings. The zero-order valence-electron chi connectivity index (χ0n) is 17.3. The lowest BCUT2D eigenvalue weighted by molar-refractivity contribution is -0.129. The molecule has 0 saturated heterocycles. The Labute approximate surface area is 195 Å². The molecule has 3 rings (SSSR count). The van der Waals surface area contributed by atoms with Gasteiger partial charge in [-0.05, 0) is 30.2 Å². The van der Waals surface area contributed by atoms with Crippen LogP contribution in [0.4, 0.5) is 5.69 Å². The normalized spacial score (nSPS) is 12.3. The summed E-state index contributed by atoms with van der Waals surface area (Å²) in [5, 5.41) is 5.40. The summed E-state index contributed by atoms with van der Waals surface area (Å²) in [5.41, 5.74) is 4.86. The van der Waals surface area contributed by atoms with Crippen molar-refractivity contribution in [3.8, 4) is 17.2 Å². The monoisotopic (exact) mass is 485 g/mol. The molecule has 2 aromatic rings. The van der Waals surface area contributed by atoms with E-state index < -0.39 is 0 Å². The first-order valence-corrected chi connectivity index (χ1v) is 10.7. The fourth-order valence-electron chi connectivity index (χ4n) is 3.12. The number of hydrogen-bond acceptors (Lipinski definition) is 6. The number of carbonyl (C=O) groups excluding carboxylic acids is 1. The number of methoxy groups -OCH3 is 1. The van der Waals surface area contributed by atoms with Crippen molar-refractivity contribution in [3.05, 3.63) is 44.4 Å². The van der Waals surface area contributed by atoms with Gasteiger partial charge in [0.05, 0.1) is 29.1 Å². The Kier molecular flexibility index (Phi) is 7.75. The summed E-state index contributed by atoms with van der Waals surface area (Å²) in [5.74, 6) is 1.66. The van der Waals surface area contributed by atoms with E-state index in [1.807, 2.05) is 13.0 Å². The summed E-state index contributed by atoms with van der Waals surface area (Å²) in [6, 6.07) is 5.01. The molecule has 0 unspecified atom stereocenters. The summed E-state index contributed by atoms with van der Waals surface area (Å²) in [7, 11) is 3.32. The van der Waals surface area contributed by atoms with Crippen LogP contribution < -0.4 is 19.6 Å². The minimum absolute atomic E-state index is 0.0663. The van der Waals surface area contributed by atoms with E-state index >= 15 is 0 Å². The quantitative estimate of drug-likeness (QED) is 0.408. The van der Waals surface area contributed by atoms with Gasteiger partial charge < -0.3 is 19.1 Å². The topological polar surface area (TPSA) is 72.4 Å². The maximum Gasteiger partial charge on any atom is 0.231 e. The Morgan fingerprint density at radius 1 is 1.26 bits per heavy atom. The lowest BCUT2D eigenvalue weighted by atomic mass is 10.0. The molecule has 1 N–H and O–H groups in total. The third-order valence-electron chi connectivity index (χ3n) is 4.77. The van der Waals surface area contributed by atoms with E-state index in [-0.39, 0.29) is 12.7 Å². The average molecular weight is 487 g/mol. The highest BCUT2D eigenvalue weighted by Gasteiger charge is 2.25. The Morgan fingerprint density at radius 3 is 2.61 bits per heavy atom. The number of nitrogens with zero attached hydrogens (tertiary/aromatic N) is 2. The lowest BCUT2D eigenvalue weighted by Crippen LogP contribution is -2.28. The van der Waals surface area contributed by atoms with Crippen molar-refractivity contribution < 1.29 is 19.0 Å². The first-order valence-electron chi connectivity index (χ1n) is 9.52. The Hall–Kier alpha value is -2.35. The number of halogens is 3. The number of likely N-dealkylation sites (N-methyl/N-ethyl adjacent to an activating group) is 1. The van der Waals surface area contributed by atoms with Gasteiger partial charge in [0.1, 0.15) is 0 Å². The molecule has 31 heavy (non-hydrogen) atoms. The fraction of sp³-hybridized carbons (Fsp3) is 0.333. The molecule has 2 aromatic carbocycles. The molecule has 0 bridgehead atoms. The predicted molar refractivity (Wildman–Crippen MR) is 123 cm³/mol. The molecule has 0 aromatic heterocycles. The van der Waals surface area contributed by atoms with Crippen molar-refractivity contribution in [2.24, 2.45) is 5.10 Å². The van der Waals surface area contributed by atoms with Crippen molar-refractivity contribution in [2.45, 2.75) is 19.8 Å². The van der Waals surface area contributed by atoms with Gasteiger partial charge in [-0.1, -0.05) is 41.7 Å². The summed E-state index contributed by atoms with van der Waals surface area (Å²) in [4.78, 5) is 13.6. The van der Waals surface area contributed by atoms with E-state index in [9.17, 15) is 4.79 Å². The number of anilines is 1. The van der Waals surface area contributed by atoms with Crippen LogP contribution in [-0.2, 0) is 11.2 Å². The van der Waals surface area contributed by atoms with Crippen LogP contribution in [0.25, 0.3) is 0 Å². The molecule has 0 spiro atoms. The number of hydrogen-bond donors (Lipinski definition) is 1. The van der Waals surface area contributed by atoms with Crippen LogP contribution >= 0.6 is 34.8 Å². The molecule has 166 valence electrons. The van der Waals surface area contributed by atoms with Gasteiger partial charge >= 0.3 is 0 Å². The van der Waals surface area contributed by atoms with Gasteiger partial charge in [-0.15, -0.1) is 0 Å². The minimum atomic E-state index is 0.0663. The third kappa shape index (κ3) is 5.29. The molecule has 1 amide bonds. The lowest BCUT2D eigenvalue weighted by Gasteiger charge is -2.18. The Bertz CT molecular complexity index is 991. The van der Waals surface area contributed by atoms with Crippen LogP contribution in [0.3, 0.4) is 0 Å². The number of carbonyl (C=O) groups is 1. The van der Waals surface area contributed by atoms with Gasteiger partial charge in [-0.3, -0.25) is 10.2 Å². The Balaban J connectivity index is 1.92. The predicted octanol–water partition coefficient (Wildman–Crippen LogP) is 5.24. The molecule has 7 nitrogen and oxygen atoms in total. The summed E-state index contributed by atoms with van der Waals surface area (Å²) < 4.78 is 16.7. The second kappa shape index (κ2) is 10.3. The van der Waals surface area contributed by atoms with E-state index in [4.69, 9.17) is 49.0 Å². The number of nitrogens with one attached hydrogen (secondary N) is 1. The molecule has 0 atom stereocenters. The van der Waals surface area contributed by atoms with Crippen LogP contribution in [0.5, 0.6) is 17.2 Å². The highest BCUT2D eigenvalue weighted by molar-refractivity contribution is 6.41. The number of rotatable bonds is 8. The largest absolute Gasteiger partial charge is 0.492 e. The van der Waals surface area contributed by atoms with E-state index in [0.717, 1.165) is 5.56 Å². The van der Waals surface area contributed by atoms with Crippen LogP contribution in [0.1, 0.15) is 24.5 Å². The van der Waals surface area contributed by atoms with E-state index in [2.05, 4.69) is 10.5 Å². The van der Waals surface area contributed by atoms with Gasteiger partial charge in [0.2, 0.25) is 18.4 Å². The summed E-state index contributed by atoms with van der Waals surface area (Å²) >= 11 is 18.4. The van der Waals surface area contributed by atoms with Crippen molar-refractivity contribution in [1.82, 2.24) is 4.90 Å². The van der Waals surface area contributed by atoms with Gasteiger partial charge in [-0.2, -0.15) is 5.10 Å². The second-order valence-electron chi connectivity index (χ2n) is 6.75. The minimum Gasteiger partial charge on any atom is -0.492 e. The van der Waals surface area contributed by atoms with E-state index in [0.29, 0.717) is 63.0 Å².